The second kappa shape index (κ2) is 8.79. The second-order valence-electron chi connectivity index (χ2n) is 6.38. The van der Waals surface area contributed by atoms with Gasteiger partial charge in [-0.05, 0) is 37.6 Å². The fraction of sp³-hybridized carbons (Fsp3) is 0.333. The van der Waals surface area contributed by atoms with Crippen LogP contribution in [0.2, 0.25) is 0 Å². The number of primary amides is 1. The molecule has 1 aliphatic heterocycles. The minimum absolute atomic E-state index is 0.00731. The van der Waals surface area contributed by atoms with Gasteiger partial charge in [0.05, 0.1) is 12.2 Å². The Balaban J connectivity index is 2.11. The summed E-state index contributed by atoms with van der Waals surface area (Å²) in [6, 6.07) is 4.47. The first-order valence-corrected chi connectivity index (χ1v) is 10.0. The van der Waals surface area contributed by atoms with E-state index in [1.54, 1.807) is 19.9 Å². The van der Waals surface area contributed by atoms with Gasteiger partial charge in [-0.2, -0.15) is 8.42 Å². The fourth-order valence-electron chi connectivity index (χ4n) is 2.42. The van der Waals surface area contributed by atoms with E-state index in [-0.39, 0.29) is 23.6 Å². The van der Waals surface area contributed by atoms with Gasteiger partial charge in [0.15, 0.2) is 10.8 Å². The van der Waals surface area contributed by atoms with Gasteiger partial charge in [0.25, 0.3) is 10.0 Å². The van der Waals surface area contributed by atoms with Crippen LogP contribution in [0.25, 0.3) is 0 Å². The van der Waals surface area contributed by atoms with Crippen molar-refractivity contribution >= 4 is 27.6 Å². The Morgan fingerprint density at radius 3 is 2.64 bits per heavy atom. The van der Waals surface area contributed by atoms with E-state index in [2.05, 4.69) is 10.3 Å². The van der Waals surface area contributed by atoms with Crippen molar-refractivity contribution in [3.8, 4) is 0 Å². The fourth-order valence-corrected chi connectivity index (χ4v) is 3.82. The number of Topliss-reactive ketones (excluding diaryl/α,β-unsaturated/α-hetero) is 1. The molecule has 10 heteroatoms. The smallest absolute Gasteiger partial charge is 0.281 e. The predicted molar refractivity (Wildman–Crippen MR) is 101 cm³/mol. The molecular weight excluding hydrogens is 384 g/mol. The predicted octanol–water partition coefficient (Wildman–Crippen LogP) is 0.461. The SMILES string of the molecule is CC1=CC=C(NC(=O)CC[C@H](C)C(N)=O)C(=O)CN1S(=O)(=O)c1ccccn1. The summed E-state index contributed by atoms with van der Waals surface area (Å²) in [5.41, 5.74) is 5.45. The number of nitrogens with zero attached hydrogens (tertiary/aromatic N) is 2. The van der Waals surface area contributed by atoms with Gasteiger partial charge in [-0.1, -0.05) is 13.0 Å². The largest absolute Gasteiger partial charge is 0.369 e. The highest BCUT2D eigenvalue weighted by Crippen LogP contribution is 2.21. The summed E-state index contributed by atoms with van der Waals surface area (Å²) in [5.74, 6) is -2.00. The Labute approximate surface area is 163 Å². The summed E-state index contributed by atoms with van der Waals surface area (Å²) >= 11 is 0. The minimum Gasteiger partial charge on any atom is -0.369 e. The third-order valence-corrected chi connectivity index (χ3v) is 6.00. The van der Waals surface area contributed by atoms with E-state index in [4.69, 9.17) is 5.73 Å². The average molecular weight is 406 g/mol. The molecule has 1 aromatic rings. The highest BCUT2D eigenvalue weighted by atomic mass is 32.2. The number of carbonyl (C=O) groups excluding carboxylic acids is 3. The number of carbonyl (C=O) groups is 3. The molecular formula is C18H22N4O5S. The van der Waals surface area contributed by atoms with Gasteiger partial charge in [0, 0.05) is 24.2 Å². The Bertz CT molecular complexity index is 938. The van der Waals surface area contributed by atoms with E-state index in [1.165, 1.54) is 30.5 Å². The average Bonchev–Trinajstić information content (AvgIpc) is 2.80. The number of ketones is 1. The normalized spacial score (nSPS) is 15.9. The van der Waals surface area contributed by atoms with Crippen LogP contribution in [0.3, 0.4) is 0 Å². The number of nitrogens with one attached hydrogen (secondary N) is 1. The lowest BCUT2D eigenvalue weighted by Crippen LogP contribution is -2.37. The molecule has 0 radical (unpaired) electrons. The number of hydrogen-bond acceptors (Lipinski definition) is 6. The van der Waals surface area contributed by atoms with Gasteiger partial charge in [-0.25, -0.2) is 4.98 Å². The zero-order chi connectivity index (χ0) is 20.9. The molecule has 0 spiro atoms. The van der Waals surface area contributed by atoms with Crippen LogP contribution >= 0.6 is 0 Å². The molecule has 2 heterocycles. The van der Waals surface area contributed by atoms with Gasteiger partial charge in [-0.3, -0.25) is 18.7 Å². The maximum Gasteiger partial charge on any atom is 0.281 e. The number of rotatable bonds is 7. The first-order valence-electron chi connectivity index (χ1n) is 8.57. The number of aromatic nitrogens is 1. The lowest BCUT2D eigenvalue weighted by Gasteiger charge is -2.22. The number of hydrogen-bond donors (Lipinski definition) is 2. The molecule has 0 unspecified atom stereocenters. The van der Waals surface area contributed by atoms with E-state index in [1.807, 2.05) is 0 Å². The molecule has 1 atom stereocenters. The van der Waals surface area contributed by atoms with Gasteiger partial charge >= 0.3 is 0 Å². The van der Waals surface area contributed by atoms with E-state index < -0.39 is 40.1 Å². The summed E-state index contributed by atoms with van der Waals surface area (Å²) in [7, 11) is -4.01. The molecule has 1 aliphatic rings. The summed E-state index contributed by atoms with van der Waals surface area (Å²) in [6.07, 6.45) is 4.40. The third kappa shape index (κ3) is 5.03. The van der Waals surface area contributed by atoms with E-state index in [9.17, 15) is 22.8 Å². The standard InChI is InChI=1S/C18H22N4O5S/c1-12(18(19)25)6-9-16(24)21-14-8-7-13(2)22(11-15(14)23)28(26,27)17-5-3-4-10-20-17/h3-5,7-8,10,12H,6,9,11H2,1-2H3,(H2,19,25)(H,21,24)/t12-/m0/s1. The van der Waals surface area contributed by atoms with E-state index in [0.29, 0.717) is 5.70 Å². The van der Waals surface area contributed by atoms with Crippen LogP contribution in [-0.4, -0.2) is 41.8 Å². The van der Waals surface area contributed by atoms with E-state index >= 15 is 0 Å². The summed E-state index contributed by atoms with van der Waals surface area (Å²) in [4.78, 5) is 39.4. The van der Waals surface area contributed by atoms with Crippen LogP contribution in [0.5, 0.6) is 0 Å². The van der Waals surface area contributed by atoms with Crippen molar-refractivity contribution < 1.29 is 22.8 Å². The van der Waals surface area contributed by atoms with Crippen molar-refractivity contribution in [1.29, 1.82) is 0 Å². The maximum atomic E-state index is 12.8. The van der Waals surface area contributed by atoms with Crippen LogP contribution in [0.15, 0.2) is 53.0 Å². The number of nitrogens with two attached hydrogens (primary N) is 1. The Morgan fingerprint density at radius 2 is 2.04 bits per heavy atom. The monoisotopic (exact) mass is 406 g/mol. The zero-order valence-corrected chi connectivity index (χ0v) is 16.4. The Hall–Kier alpha value is -3.01. The highest BCUT2D eigenvalue weighted by molar-refractivity contribution is 7.89. The molecule has 2 amide bonds. The van der Waals surface area contributed by atoms with Crippen molar-refractivity contribution in [2.45, 2.75) is 31.7 Å². The molecule has 0 fully saturated rings. The molecule has 0 aliphatic carbocycles. The van der Waals surface area contributed by atoms with Crippen LogP contribution < -0.4 is 11.1 Å². The lowest BCUT2D eigenvalue weighted by molar-refractivity contribution is -0.124. The summed E-state index contributed by atoms with van der Waals surface area (Å²) < 4.78 is 26.5. The first kappa shape index (κ1) is 21.3. The molecule has 9 nitrogen and oxygen atoms in total. The molecule has 150 valence electrons. The van der Waals surface area contributed by atoms with Crippen LogP contribution in [-0.2, 0) is 24.4 Å². The minimum atomic E-state index is -4.01. The molecule has 0 aromatic carbocycles. The van der Waals surface area contributed by atoms with Gasteiger partial charge < -0.3 is 11.1 Å². The van der Waals surface area contributed by atoms with Crippen molar-refractivity contribution in [2.75, 3.05) is 6.54 Å². The van der Waals surface area contributed by atoms with Crippen LogP contribution in [0.4, 0.5) is 0 Å². The second-order valence-corrected chi connectivity index (χ2v) is 8.19. The third-order valence-electron chi connectivity index (χ3n) is 4.23. The molecule has 0 bridgehead atoms. The molecule has 2 rings (SSSR count). The number of pyridine rings is 1. The number of allylic oxidation sites excluding steroid dienone is 3. The maximum absolute atomic E-state index is 12.8. The number of amides is 2. The quantitative estimate of drug-likeness (QED) is 0.674. The lowest BCUT2D eigenvalue weighted by atomic mass is 10.0. The van der Waals surface area contributed by atoms with E-state index in [0.717, 1.165) is 4.31 Å². The molecule has 0 saturated heterocycles. The van der Waals surface area contributed by atoms with Crippen molar-refractivity contribution in [1.82, 2.24) is 14.6 Å². The Morgan fingerprint density at radius 1 is 1.32 bits per heavy atom. The van der Waals surface area contributed by atoms with Crippen molar-refractivity contribution in [3.05, 3.63) is 47.9 Å². The van der Waals surface area contributed by atoms with Crippen molar-refractivity contribution in [2.24, 2.45) is 11.7 Å². The van der Waals surface area contributed by atoms with Crippen molar-refractivity contribution in [3.63, 3.8) is 0 Å². The number of sulfonamides is 1. The van der Waals surface area contributed by atoms with Crippen LogP contribution in [0, 0.1) is 5.92 Å². The molecule has 28 heavy (non-hydrogen) atoms. The molecule has 0 saturated carbocycles. The van der Waals surface area contributed by atoms with Gasteiger partial charge in [-0.15, -0.1) is 0 Å². The molecule has 1 aromatic heterocycles. The molecule has 3 N–H and O–H groups in total. The topological polar surface area (TPSA) is 140 Å². The van der Waals surface area contributed by atoms with Crippen LogP contribution in [0.1, 0.15) is 26.7 Å². The first-order chi connectivity index (χ1) is 13.1. The van der Waals surface area contributed by atoms with Gasteiger partial charge in [0.1, 0.15) is 0 Å². The zero-order valence-electron chi connectivity index (χ0n) is 15.6. The highest BCUT2D eigenvalue weighted by Gasteiger charge is 2.30. The summed E-state index contributed by atoms with van der Waals surface area (Å²) in [6.45, 7) is 2.69. The summed E-state index contributed by atoms with van der Waals surface area (Å²) in [5, 5.41) is 2.30. The Kier molecular flexibility index (Phi) is 6.68. The van der Waals surface area contributed by atoms with Gasteiger partial charge in [0.2, 0.25) is 11.8 Å².